The molecule has 0 saturated carbocycles. The lowest BCUT2D eigenvalue weighted by Crippen LogP contribution is -2.61. The quantitative estimate of drug-likeness (QED) is 0.233. The van der Waals surface area contributed by atoms with Gasteiger partial charge in [0.1, 0.15) is 22.9 Å². The second kappa shape index (κ2) is 11.8. The Morgan fingerprint density at radius 1 is 1.07 bits per heavy atom. The average Bonchev–Trinajstić information content (AvgIpc) is 3.32. The molecule has 5 heterocycles. The smallest absolute Gasteiger partial charge is 0.433 e. The predicted octanol–water partition coefficient (Wildman–Crippen LogP) is 6.31. The van der Waals surface area contributed by atoms with Gasteiger partial charge in [0.15, 0.2) is 0 Å². The van der Waals surface area contributed by atoms with Crippen molar-refractivity contribution < 1.29 is 27.5 Å². The van der Waals surface area contributed by atoms with Crippen molar-refractivity contribution in [3.05, 3.63) is 70.9 Å². The predicted molar refractivity (Wildman–Crippen MR) is 165 cm³/mol. The Morgan fingerprint density at radius 3 is 2.38 bits per heavy atom. The second-order valence-electron chi connectivity index (χ2n) is 12.5. The van der Waals surface area contributed by atoms with Gasteiger partial charge in [0.05, 0.1) is 23.9 Å². The Bertz CT molecular complexity index is 1740. The molecule has 0 atom stereocenters. The van der Waals surface area contributed by atoms with Crippen LogP contribution in [-0.2, 0) is 17.5 Å². The van der Waals surface area contributed by atoms with E-state index in [0.717, 1.165) is 22.8 Å². The molecular weight excluding hydrogens is 585 g/mol. The number of hydrogen-bond acceptors (Lipinski definition) is 7. The normalized spacial score (nSPS) is 15.2. The molecule has 0 N–H and O–H groups in total. The van der Waals surface area contributed by atoms with Crippen molar-refractivity contribution in [3.8, 4) is 11.1 Å². The third-order valence-electron chi connectivity index (χ3n) is 8.11. The first-order valence-electron chi connectivity index (χ1n) is 14.8. The van der Waals surface area contributed by atoms with Crippen LogP contribution in [0.1, 0.15) is 65.5 Å². The summed E-state index contributed by atoms with van der Waals surface area (Å²) in [7, 11) is 1.35. The van der Waals surface area contributed by atoms with Crippen molar-refractivity contribution in [3.63, 3.8) is 0 Å². The fraction of sp³-hybridized carbons (Fsp3) is 0.424. The monoisotopic (exact) mass is 622 g/mol. The van der Waals surface area contributed by atoms with E-state index in [1.54, 1.807) is 19.1 Å². The number of rotatable bonds is 6. The van der Waals surface area contributed by atoms with Crippen LogP contribution in [0.2, 0.25) is 0 Å². The minimum atomic E-state index is -4.52. The van der Waals surface area contributed by atoms with Crippen LogP contribution in [0.25, 0.3) is 22.2 Å². The zero-order chi connectivity index (χ0) is 32.8. The average molecular weight is 623 g/mol. The maximum absolute atomic E-state index is 14.0. The van der Waals surface area contributed by atoms with E-state index >= 15 is 0 Å². The number of piperazine rings is 1. The maximum Gasteiger partial charge on any atom is 0.433 e. The number of carbonyl (C=O) groups is 2. The molecule has 9 nitrogen and oxygen atoms in total. The largest absolute Gasteiger partial charge is 0.465 e. The molecule has 0 unspecified atom stereocenters. The molecule has 1 saturated heterocycles. The molecule has 1 fully saturated rings. The fourth-order valence-corrected chi connectivity index (χ4v) is 6.02. The highest BCUT2D eigenvalue weighted by molar-refractivity contribution is 5.99. The summed E-state index contributed by atoms with van der Waals surface area (Å²) in [5.41, 5.74) is 2.39. The SMILES string of the molecule is COC(=O)c1c(C)cc(N2CCN(C(=O)c3ccc4c(-c5ccc(C(F)(F)F)nc5)cn(CC(C)C)c4n3)C(C)(C)C2)nc1C. The number of anilines is 1. The highest BCUT2D eigenvalue weighted by Gasteiger charge is 2.38. The van der Waals surface area contributed by atoms with Crippen molar-refractivity contribution >= 4 is 28.7 Å². The van der Waals surface area contributed by atoms with E-state index in [9.17, 15) is 22.8 Å². The molecule has 12 heteroatoms. The van der Waals surface area contributed by atoms with Gasteiger partial charge in [-0.05, 0) is 63.4 Å². The van der Waals surface area contributed by atoms with Gasteiger partial charge in [-0.3, -0.25) is 9.78 Å². The van der Waals surface area contributed by atoms with Gasteiger partial charge in [-0.15, -0.1) is 0 Å². The van der Waals surface area contributed by atoms with Crippen molar-refractivity contribution in [2.24, 2.45) is 5.92 Å². The number of carbonyl (C=O) groups excluding carboxylic acids is 2. The topological polar surface area (TPSA) is 93.5 Å². The number of nitrogens with zero attached hydrogens (tertiary/aromatic N) is 6. The number of pyridine rings is 3. The van der Waals surface area contributed by atoms with Gasteiger partial charge < -0.3 is 19.1 Å². The number of amides is 1. The highest BCUT2D eigenvalue weighted by Crippen LogP contribution is 2.34. The number of aryl methyl sites for hydroxylation is 2. The molecule has 0 aromatic carbocycles. The van der Waals surface area contributed by atoms with Crippen molar-refractivity contribution in [2.45, 2.75) is 59.8 Å². The van der Waals surface area contributed by atoms with E-state index in [0.29, 0.717) is 54.2 Å². The van der Waals surface area contributed by atoms with Crippen LogP contribution in [-0.4, -0.2) is 68.6 Å². The molecule has 5 rings (SSSR count). The number of aromatic nitrogens is 4. The summed E-state index contributed by atoms with van der Waals surface area (Å²) in [5, 5.41) is 0.727. The molecule has 4 aromatic heterocycles. The number of alkyl halides is 3. The van der Waals surface area contributed by atoms with Crippen LogP contribution in [0, 0.1) is 19.8 Å². The van der Waals surface area contributed by atoms with E-state index in [-0.39, 0.29) is 17.5 Å². The van der Waals surface area contributed by atoms with Crippen LogP contribution in [0.4, 0.5) is 19.0 Å². The number of methoxy groups -OCH3 is 1. The molecule has 238 valence electrons. The van der Waals surface area contributed by atoms with E-state index < -0.39 is 23.4 Å². The lowest BCUT2D eigenvalue weighted by molar-refractivity contribution is -0.141. The molecule has 0 radical (unpaired) electrons. The van der Waals surface area contributed by atoms with Gasteiger partial charge in [0.2, 0.25) is 0 Å². The minimum absolute atomic E-state index is 0.210. The molecule has 0 aliphatic carbocycles. The lowest BCUT2D eigenvalue weighted by Gasteiger charge is -2.47. The summed E-state index contributed by atoms with van der Waals surface area (Å²) in [5.74, 6) is 0.356. The van der Waals surface area contributed by atoms with E-state index in [2.05, 4.69) is 28.7 Å². The molecule has 1 aliphatic heterocycles. The summed E-state index contributed by atoms with van der Waals surface area (Å²) in [6.07, 6.45) is -1.44. The van der Waals surface area contributed by atoms with Gasteiger partial charge in [-0.1, -0.05) is 19.9 Å². The summed E-state index contributed by atoms with van der Waals surface area (Å²) < 4.78 is 46.2. The van der Waals surface area contributed by atoms with E-state index in [1.807, 2.05) is 42.5 Å². The van der Waals surface area contributed by atoms with Crippen LogP contribution < -0.4 is 4.90 Å². The lowest BCUT2D eigenvalue weighted by atomic mass is 9.97. The Morgan fingerprint density at radius 2 is 1.80 bits per heavy atom. The zero-order valence-corrected chi connectivity index (χ0v) is 26.5. The number of halogens is 3. The second-order valence-corrected chi connectivity index (χ2v) is 12.5. The molecule has 0 bridgehead atoms. The third-order valence-corrected chi connectivity index (χ3v) is 8.11. The Hall–Kier alpha value is -4.48. The first-order valence-corrected chi connectivity index (χ1v) is 14.8. The Kier molecular flexibility index (Phi) is 8.37. The third kappa shape index (κ3) is 6.23. The van der Waals surface area contributed by atoms with Crippen LogP contribution in [0.15, 0.2) is 42.7 Å². The minimum Gasteiger partial charge on any atom is -0.465 e. The van der Waals surface area contributed by atoms with E-state index in [1.165, 1.54) is 19.4 Å². The standard InChI is InChI=1S/C33H37F3N6O3/c1-19(2)16-41-17-24(22-8-11-26(37-15-22)33(34,35)36)23-9-10-25(39-29(23)41)30(43)42-13-12-40(18-32(42,5)6)27-14-20(3)28(21(4)38-27)31(44)45-7/h8-11,14-15,17,19H,12-13,16,18H2,1-7H3. The highest BCUT2D eigenvalue weighted by atomic mass is 19.4. The molecule has 0 spiro atoms. The molecule has 1 aliphatic rings. The van der Waals surface area contributed by atoms with E-state index in [4.69, 9.17) is 9.72 Å². The summed E-state index contributed by atoms with van der Waals surface area (Å²) in [6.45, 7) is 13.8. The molecule has 1 amide bonds. The number of hydrogen-bond donors (Lipinski definition) is 0. The van der Waals surface area contributed by atoms with Gasteiger partial charge in [-0.25, -0.2) is 14.8 Å². The summed E-state index contributed by atoms with van der Waals surface area (Å²) in [6, 6.07) is 7.73. The van der Waals surface area contributed by atoms with Gasteiger partial charge >= 0.3 is 12.1 Å². The molecule has 4 aromatic rings. The molecular formula is C33H37F3N6O3. The van der Waals surface area contributed by atoms with Gasteiger partial charge in [0, 0.05) is 55.1 Å². The van der Waals surface area contributed by atoms with Gasteiger partial charge in [-0.2, -0.15) is 13.2 Å². The van der Waals surface area contributed by atoms with Crippen LogP contribution in [0.3, 0.4) is 0 Å². The molecule has 45 heavy (non-hydrogen) atoms. The Balaban J connectivity index is 1.43. The van der Waals surface area contributed by atoms with Crippen molar-refractivity contribution in [2.75, 3.05) is 31.6 Å². The summed E-state index contributed by atoms with van der Waals surface area (Å²) >= 11 is 0. The number of esters is 1. The van der Waals surface area contributed by atoms with Crippen LogP contribution in [0.5, 0.6) is 0 Å². The Labute approximate surface area is 260 Å². The first kappa shape index (κ1) is 31.9. The number of fused-ring (bicyclic) bond motifs is 1. The maximum atomic E-state index is 14.0. The van der Waals surface area contributed by atoms with Crippen molar-refractivity contribution in [1.82, 2.24) is 24.4 Å². The first-order chi connectivity index (χ1) is 21.1. The van der Waals surface area contributed by atoms with Crippen LogP contribution >= 0.6 is 0 Å². The zero-order valence-electron chi connectivity index (χ0n) is 26.5. The summed E-state index contributed by atoms with van der Waals surface area (Å²) in [4.78, 5) is 43.2. The van der Waals surface area contributed by atoms with Crippen molar-refractivity contribution in [1.29, 1.82) is 0 Å². The fourth-order valence-electron chi connectivity index (χ4n) is 6.02. The number of ether oxygens (including phenoxy) is 1. The van der Waals surface area contributed by atoms with Gasteiger partial charge in [0.25, 0.3) is 5.91 Å².